The molecule has 172 valence electrons. The summed E-state index contributed by atoms with van der Waals surface area (Å²) in [5, 5.41) is 3.58. The fourth-order valence-electron chi connectivity index (χ4n) is 3.38. The van der Waals surface area contributed by atoms with Crippen LogP contribution in [0.4, 0.5) is 4.79 Å². The molecule has 0 saturated carbocycles. The largest absolute Gasteiger partial charge is 0.338 e. The van der Waals surface area contributed by atoms with Crippen molar-refractivity contribution in [3.8, 4) is 0 Å². The molecule has 1 aromatic carbocycles. The van der Waals surface area contributed by atoms with E-state index in [0.717, 1.165) is 31.5 Å². The predicted octanol–water partition coefficient (Wildman–Crippen LogP) is 2.73. The molecule has 31 heavy (non-hydrogen) atoms. The average Bonchev–Trinajstić information content (AvgIpc) is 2.73. The van der Waals surface area contributed by atoms with Gasteiger partial charge >= 0.3 is 6.03 Å². The van der Waals surface area contributed by atoms with Crippen molar-refractivity contribution in [2.75, 3.05) is 52.1 Å². The first kappa shape index (κ1) is 25.5. The van der Waals surface area contributed by atoms with E-state index >= 15 is 0 Å². The van der Waals surface area contributed by atoms with E-state index < -0.39 is 6.04 Å². The molecule has 7 nitrogen and oxygen atoms in total. The molecular weight excluding hydrogens is 436 g/mol. The highest BCUT2D eigenvalue weighted by Gasteiger charge is 2.26. The normalized spacial score (nSPS) is 15.4. The second kappa shape index (κ2) is 12.9. The molecule has 1 saturated heterocycles. The Hall–Kier alpha value is -1.77. The number of thioether (sulfide) groups is 1. The van der Waals surface area contributed by atoms with Crippen LogP contribution in [0.1, 0.15) is 25.8 Å². The molecular formula is C22H33ClN4O3S. The topological polar surface area (TPSA) is 73.0 Å². The number of carbonyl (C=O) groups is 3. The number of nitrogens with zero attached hydrogens (tertiary/aromatic N) is 3. The van der Waals surface area contributed by atoms with Crippen LogP contribution in [0.3, 0.4) is 0 Å². The van der Waals surface area contributed by atoms with E-state index in [4.69, 9.17) is 11.6 Å². The molecule has 1 heterocycles. The van der Waals surface area contributed by atoms with E-state index in [0.29, 0.717) is 37.0 Å². The fraction of sp³-hybridized carbons (Fsp3) is 0.591. The molecule has 1 atom stereocenters. The third-order valence-electron chi connectivity index (χ3n) is 5.29. The number of hydrogen-bond acceptors (Lipinski definition) is 5. The van der Waals surface area contributed by atoms with Gasteiger partial charge in [-0.05, 0) is 44.5 Å². The summed E-state index contributed by atoms with van der Waals surface area (Å²) in [6.45, 7) is 7.28. The van der Waals surface area contributed by atoms with Gasteiger partial charge in [0.2, 0.25) is 5.91 Å². The molecule has 0 radical (unpaired) electrons. The van der Waals surface area contributed by atoms with Crippen molar-refractivity contribution in [1.29, 1.82) is 0 Å². The Kier molecular flexibility index (Phi) is 10.6. The van der Waals surface area contributed by atoms with Crippen molar-refractivity contribution < 1.29 is 14.4 Å². The Labute approximate surface area is 194 Å². The fourth-order valence-corrected chi connectivity index (χ4v) is 4.10. The Morgan fingerprint density at radius 1 is 1.13 bits per heavy atom. The van der Waals surface area contributed by atoms with Gasteiger partial charge in [-0.2, -0.15) is 0 Å². The number of amides is 3. The lowest BCUT2D eigenvalue weighted by atomic mass is 10.1. The summed E-state index contributed by atoms with van der Waals surface area (Å²) < 4.78 is 0. The first-order valence-corrected chi connectivity index (χ1v) is 12.0. The van der Waals surface area contributed by atoms with E-state index in [1.165, 1.54) is 18.7 Å². The molecule has 1 N–H and O–H groups in total. The van der Waals surface area contributed by atoms with Crippen molar-refractivity contribution in [1.82, 2.24) is 20.0 Å². The van der Waals surface area contributed by atoms with Crippen molar-refractivity contribution >= 4 is 40.4 Å². The average molecular weight is 469 g/mol. The number of benzene rings is 1. The van der Waals surface area contributed by atoms with Gasteiger partial charge < -0.3 is 20.0 Å². The number of piperazine rings is 1. The van der Waals surface area contributed by atoms with Gasteiger partial charge in [-0.3, -0.25) is 9.59 Å². The highest BCUT2D eigenvalue weighted by atomic mass is 35.5. The zero-order valence-corrected chi connectivity index (χ0v) is 20.2. The lowest BCUT2D eigenvalue weighted by Crippen LogP contribution is -2.55. The Bertz CT molecular complexity index is 739. The molecule has 0 aliphatic carbocycles. The maximum Gasteiger partial charge on any atom is 0.318 e. The van der Waals surface area contributed by atoms with Gasteiger partial charge in [-0.25, -0.2) is 4.79 Å². The van der Waals surface area contributed by atoms with Crippen molar-refractivity contribution in [3.63, 3.8) is 0 Å². The predicted molar refractivity (Wildman–Crippen MR) is 127 cm³/mol. The van der Waals surface area contributed by atoms with Crippen LogP contribution < -0.4 is 5.32 Å². The smallest absolute Gasteiger partial charge is 0.318 e. The van der Waals surface area contributed by atoms with Gasteiger partial charge in [-0.1, -0.05) is 35.5 Å². The van der Waals surface area contributed by atoms with Crippen LogP contribution in [0.15, 0.2) is 24.3 Å². The molecule has 2 rings (SSSR count). The summed E-state index contributed by atoms with van der Waals surface area (Å²) in [5.74, 6) is 0.477. The summed E-state index contributed by atoms with van der Waals surface area (Å²) in [5.41, 5.74) is 1.15. The van der Waals surface area contributed by atoms with Crippen molar-refractivity contribution in [2.24, 2.45) is 0 Å². The number of rotatable bonds is 9. The number of nitrogens with one attached hydrogen (secondary N) is 1. The molecule has 0 aromatic heterocycles. The summed E-state index contributed by atoms with van der Waals surface area (Å²) in [7, 11) is 2.04. The van der Waals surface area contributed by atoms with Gasteiger partial charge in [0.25, 0.3) is 0 Å². The van der Waals surface area contributed by atoms with Crippen LogP contribution in [-0.4, -0.2) is 89.9 Å². The van der Waals surface area contributed by atoms with Gasteiger partial charge in [0.15, 0.2) is 5.12 Å². The van der Waals surface area contributed by atoms with Gasteiger partial charge in [-0.15, -0.1) is 0 Å². The van der Waals surface area contributed by atoms with Crippen LogP contribution in [0.25, 0.3) is 0 Å². The molecule has 1 fully saturated rings. The number of halogens is 1. The van der Waals surface area contributed by atoms with Crippen LogP contribution in [0.5, 0.6) is 0 Å². The zero-order chi connectivity index (χ0) is 22.8. The lowest BCUT2D eigenvalue weighted by molar-refractivity contribution is -0.134. The van der Waals surface area contributed by atoms with Crippen LogP contribution >= 0.6 is 23.4 Å². The third kappa shape index (κ3) is 9.09. The summed E-state index contributed by atoms with van der Waals surface area (Å²) in [6, 6.07) is 6.82. The lowest BCUT2D eigenvalue weighted by Gasteiger charge is -2.34. The highest BCUT2D eigenvalue weighted by molar-refractivity contribution is 8.13. The van der Waals surface area contributed by atoms with Crippen LogP contribution in [-0.2, 0) is 16.0 Å². The molecule has 1 aliphatic heterocycles. The Morgan fingerprint density at radius 3 is 2.39 bits per heavy atom. The van der Waals surface area contributed by atoms with Crippen molar-refractivity contribution in [3.05, 3.63) is 34.9 Å². The molecule has 1 aliphatic rings. The molecule has 9 heteroatoms. The number of likely N-dealkylation sites (N-methyl/N-ethyl adjacent to an activating group) is 1. The minimum Gasteiger partial charge on any atom is -0.338 e. The minimum absolute atomic E-state index is 0.0279. The van der Waals surface area contributed by atoms with Gasteiger partial charge in [0.05, 0.1) is 0 Å². The quantitative estimate of drug-likeness (QED) is 0.603. The van der Waals surface area contributed by atoms with E-state index in [1.54, 1.807) is 16.7 Å². The molecule has 1 unspecified atom stereocenters. The van der Waals surface area contributed by atoms with Gasteiger partial charge in [0.1, 0.15) is 6.04 Å². The summed E-state index contributed by atoms with van der Waals surface area (Å²) in [6.07, 6.45) is 1.59. The molecule has 1 aromatic rings. The summed E-state index contributed by atoms with van der Waals surface area (Å²) in [4.78, 5) is 42.5. The number of aryl methyl sites for hydroxylation is 1. The monoisotopic (exact) mass is 468 g/mol. The first-order valence-electron chi connectivity index (χ1n) is 10.7. The third-order valence-corrected chi connectivity index (χ3v) is 6.33. The molecule has 3 amide bonds. The van der Waals surface area contributed by atoms with E-state index in [1.807, 2.05) is 31.3 Å². The zero-order valence-electron chi connectivity index (χ0n) is 18.6. The van der Waals surface area contributed by atoms with E-state index in [-0.39, 0.29) is 17.1 Å². The van der Waals surface area contributed by atoms with E-state index in [2.05, 4.69) is 10.2 Å². The van der Waals surface area contributed by atoms with Crippen LogP contribution in [0, 0.1) is 0 Å². The molecule has 0 bridgehead atoms. The minimum atomic E-state index is -0.588. The van der Waals surface area contributed by atoms with Gasteiger partial charge in [0, 0.05) is 57.0 Å². The van der Waals surface area contributed by atoms with E-state index in [9.17, 15) is 14.4 Å². The molecule has 0 spiro atoms. The Morgan fingerprint density at radius 2 is 1.77 bits per heavy atom. The number of hydrogen-bond donors (Lipinski definition) is 1. The maximum atomic E-state index is 12.9. The summed E-state index contributed by atoms with van der Waals surface area (Å²) >= 11 is 7.13. The number of carbonyl (C=O) groups excluding carboxylic acids is 3. The van der Waals surface area contributed by atoms with Crippen molar-refractivity contribution in [2.45, 2.75) is 32.7 Å². The SMILES string of the molecule is CC(=O)SCCN(CCCc1ccc(Cl)cc1)C(=O)NC(C)C(=O)N1CCN(C)CC1. The number of urea groups is 1. The second-order valence-corrected chi connectivity index (χ2v) is 9.57. The van der Waals surface area contributed by atoms with Crippen LogP contribution in [0.2, 0.25) is 5.02 Å². The Balaban J connectivity index is 1.88. The standard InChI is InChI=1S/C22H33ClN4O3S/c1-17(21(29)26-13-11-25(3)12-14-26)24-22(30)27(15-16-31-18(2)28)10-4-5-19-6-8-20(23)9-7-19/h6-9,17H,4-5,10-16H2,1-3H3,(H,24,30). The maximum absolute atomic E-state index is 12.9. The highest BCUT2D eigenvalue weighted by Crippen LogP contribution is 2.12. The first-order chi connectivity index (χ1) is 14.8. The second-order valence-electron chi connectivity index (χ2n) is 7.86.